The first-order valence-electron chi connectivity index (χ1n) is 8.55. The SMILES string of the molecule is COc1ccc([N+](=O)[O-])cc1NC(=S)NC(=O)c1cc2ccccc2c(Br)c1OC. The first-order valence-corrected chi connectivity index (χ1v) is 9.75. The van der Waals surface area contributed by atoms with Crippen molar-refractivity contribution >= 4 is 61.3 Å². The molecule has 2 N–H and O–H groups in total. The summed E-state index contributed by atoms with van der Waals surface area (Å²) in [7, 11) is 2.89. The molecule has 10 heteroatoms. The lowest BCUT2D eigenvalue weighted by Crippen LogP contribution is -2.34. The van der Waals surface area contributed by atoms with Gasteiger partial charge in [-0.2, -0.15) is 0 Å². The van der Waals surface area contributed by atoms with E-state index in [0.717, 1.165) is 10.8 Å². The number of thiocarbonyl (C=S) groups is 1. The van der Waals surface area contributed by atoms with Gasteiger partial charge in [-0.05, 0) is 51.1 Å². The second-order valence-corrected chi connectivity index (χ2v) is 7.24. The summed E-state index contributed by atoms with van der Waals surface area (Å²) in [5.74, 6) is 0.199. The van der Waals surface area contributed by atoms with E-state index < -0.39 is 10.8 Å². The van der Waals surface area contributed by atoms with Crippen molar-refractivity contribution < 1.29 is 19.2 Å². The molecule has 0 fully saturated rings. The number of benzene rings is 3. The van der Waals surface area contributed by atoms with Gasteiger partial charge in [0.25, 0.3) is 11.6 Å². The molecule has 0 aliphatic rings. The number of nitro groups is 1. The van der Waals surface area contributed by atoms with Crippen LogP contribution in [0, 0.1) is 10.1 Å². The van der Waals surface area contributed by atoms with Gasteiger partial charge in [0, 0.05) is 12.1 Å². The van der Waals surface area contributed by atoms with Crippen molar-refractivity contribution in [2.45, 2.75) is 0 Å². The van der Waals surface area contributed by atoms with Crippen LogP contribution < -0.4 is 20.1 Å². The molecular formula is C20H16BrN3O5S. The maximum atomic E-state index is 12.9. The fourth-order valence-electron chi connectivity index (χ4n) is 2.88. The van der Waals surface area contributed by atoms with Gasteiger partial charge in [-0.25, -0.2) is 0 Å². The van der Waals surface area contributed by atoms with Crippen molar-refractivity contribution in [3.05, 3.63) is 68.7 Å². The Kier molecular flexibility index (Phi) is 6.48. The summed E-state index contributed by atoms with van der Waals surface area (Å²) in [6.45, 7) is 0. The third kappa shape index (κ3) is 4.34. The molecule has 0 aliphatic heterocycles. The highest BCUT2D eigenvalue weighted by atomic mass is 79.9. The number of fused-ring (bicyclic) bond motifs is 1. The molecule has 8 nitrogen and oxygen atoms in total. The molecule has 0 atom stereocenters. The topological polar surface area (TPSA) is 103 Å². The Morgan fingerprint density at radius 2 is 1.87 bits per heavy atom. The number of carbonyl (C=O) groups is 1. The van der Waals surface area contributed by atoms with E-state index in [-0.39, 0.29) is 22.1 Å². The van der Waals surface area contributed by atoms with Gasteiger partial charge in [0.1, 0.15) is 11.5 Å². The van der Waals surface area contributed by atoms with Crippen LogP contribution in [0.2, 0.25) is 0 Å². The molecule has 3 aromatic rings. The first kappa shape index (κ1) is 21.5. The maximum absolute atomic E-state index is 12.9. The summed E-state index contributed by atoms with van der Waals surface area (Å²) in [6, 6.07) is 13.2. The van der Waals surface area contributed by atoms with Gasteiger partial charge >= 0.3 is 0 Å². The average molecular weight is 490 g/mol. The number of carbonyl (C=O) groups excluding carboxylic acids is 1. The lowest BCUT2D eigenvalue weighted by Gasteiger charge is -2.15. The zero-order valence-corrected chi connectivity index (χ0v) is 18.3. The lowest BCUT2D eigenvalue weighted by molar-refractivity contribution is -0.384. The van der Waals surface area contributed by atoms with Crippen LogP contribution in [0.4, 0.5) is 11.4 Å². The normalized spacial score (nSPS) is 10.4. The Morgan fingerprint density at radius 3 is 2.53 bits per heavy atom. The Hall–Kier alpha value is -3.24. The van der Waals surface area contributed by atoms with E-state index in [2.05, 4.69) is 26.6 Å². The monoisotopic (exact) mass is 489 g/mol. The van der Waals surface area contributed by atoms with Crippen LogP contribution in [-0.2, 0) is 0 Å². The predicted octanol–water partition coefficient (Wildman–Crippen LogP) is 4.65. The summed E-state index contributed by atoms with van der Waals surface area (Å²) in [6.07, 6.45) is 0. The van der Waals surface area contributed by atoms with Gasteiger partial charge in [0.05, 0.1) is 34.9 Å². The van der Waals surface area contributed by atoms with Crippen LogP contribution in [0.3, 0.4) is 0 Å². The third-order valence-corrected chi connectivity index (χ3v) is 5.25. The summed E-state index contributed by atoms with van der Waals surface area (Å²) >= 11 is 8.70. The number of nitrogens with zero attached hydrogens (tertiary/aromatic N) is 1. The maximum Gasteiger partial charge on any atom is 0.271 e. The smallest absolute Gasteiger partial charge is 0.271 e. The number of hydrogen-bond acceptors (Lipinski definition) is 6. The van der Waals surface area contributed by atoms with E-state index in [1.165, 1.54) is 32.4 Å². The van der Waals surface area contributed by atoms with Gasteiger partial charge in [0.2, 0.25) is 0 Å². The van der Waals surface area contributed by atoms with E-state index in [4.69, 9.17) is 21.7 Å². The van der Waals surface area contributed by atoms with Crippen LogP contribution in [0.25, 0.3) is 10.8 Å². The largest absolute Gasteiger partial charge is 0.495 e. The summed E-state index contributed by atoms with van der Waals surface area (Å²) < 4.78 is 11.3. The van der Waals surface area contributed by atoms with Gasteiger partial charge in [-0.1, -0.05) is 24.3 Å². The number of amides is 1. The number of rotatable bonds is 5. The number of halogens is 1. The van der Waals surface area contributed by atoms with E-state index in [1.54, 1.807) is 6.07 Å². The summed E-state index contributed by atoms with van der Waals surface area (Å²) in [5.41, 5.74) is 0.384. The average Bonchev–Trinajstić information content (AvgIpc) is 2.73. The molecule has 0 heterocycles. The van der Waals surface area contributed by atoms with Crippen LogP contribution in [0.1, 0.15) is 10.4 Å². The van der Waals surface area contributed by atoms with Crippen LogP contribution in [-0.4, -0.2) is 30.2 Å². The van der Waals surface area contributed by atoms with Crippen molar-refractivity contribution in [1.29, 1.82) is 0 Å². The Balaban J connectivity index is 1.87. The highest BCUT2D eigenvalue weighted by Crippen LogP contribution is 2.36. The highest BCUT2D eigenvalue weighted by molar-refractivity contribution is 9.10. The van der Waals surface area contributed by atoms with E-state index >= 15 is 0 Å². The van der Waals surface area contributed by atoms with E-state index in [9.17, 15) is 14.9 Å². The van der Waals surface area contributed by atoms with Crippen LogP contribution in [0.5, 0.6) is 11.5 Å². The Labute approximate surface area is 185 Å². The number of anilines is 1. The third-order valence-electron chi connectivity index (χ3n) is 4.26. The molecule has 0 saturated carbocycles. The van der Waals surface area contributed by atoms with E-state index in [0.29, 0.717) is 16.0 Å². The first-order chi connectivity index (χ1) is 14.3. The predicted molar refractivity (Wildman–Crippen MR) is 122 cm³/mol. The molecular weight excluding hydrogens is 474 g/mol. The molecule has 154 valence electrons. The molecule has 3 rings (SSSR count). The van der Waals surface area contributed by atoms with Gasteiger partial charge in [0.15, 0.2) is 5.11 Å². The number of nitrogens with one attached hydrogen (secondary N) is 2. The fourth-order valence-corrected chi connectivity index (χ4v) is 3.82. The second kappa shape index (κ2) is 9.06. The fraction of sp³-hybridized carbons (Fsp3) is 0.100. The summed E-state index contributed by atoms with van der Waals surface area (Å²) in [4.78, 5) is 23.4. The molecule has 0 saturated heterocycles. The van der Waals surface area contributed by atoms with Crippen LogP contribution in [0.15, 0.2) is 53.0 Å². The van der Waals surface area contributed by atoms with Crippen molar-refractivity contribution in [3.63, 3.8) is 0 Å². The van der Waals surface area contributed by atoms with Crippen molar-refractivity contribution in [1.82, 2.24) is 5.32 Å². The molecule has 1 amide bonds. The summed E-state index contributed by atoms with van der Waals surface area (Å²) in [5, 5.41) is 18.0. The number of hydrogen-bond donors (Lipinski definition) is 2. The lowest BCUT2D eigenvalue weighted by atomic mass is 10.1. The minimum atomic E-state index is -0.538. The molecule has 30 heavy (non-hydrogen) atoms. The van der Waals surface area contributed by atoms with Crippen molar-refractivity contribution in [3.8, 4) is 11.5 Å². The number of methoxy groups -OCH3 is 2. The zero-order valence-electron chi connectivity index (χ0n) is 15.9. The van der Waals surface area contributed by atoms with Gasteiger partial charge < -0.3 is 14.8 Å². The standard InChI is InChI=1S/C20H16BrN3O5S/c1-28-16-8-7-12(24(26)27)10-15(16)22-20(30)23-19(25)14-9-11-5-3-4-6-13(11)17(21)18(14)29-2/h3-10H,1-2H3,(H2,22,23,25,30). The Morgan fingerprint density at radius 1 is 1.13 bits per heavy atom. The molecule has 3 aromatic carbocycles. The van der Waals surface area contributed by atoms with E-state index in [1.807, 2.05) is 24.3 Å². The molecule has 0 unspecified atom stereocenters. The van der Waals surface area contributed by atoms with Gasteiger partial charge in [-0.3, -0.25) is 20.2 Å². The number of non-ortho nitro benzene ring substituents is 1. The minimum absolute atomic E-state index is 0.0508. The second-order valence-electron chi connectivity index (χ2n) is 6.04. The Bertz CT molecular complexity index is 1170. The minimum Gasteiger partial charge on any atom is -0.495 e. The van der Waals surface area contributed by atoms with Gasteiger partial charge in [-0.15, -0.1) is 0 Å². The van der Waals surface area contributed by atoms with Crippen LogP contribution >= 0.6 is 28.1 Å². The molecule has 0 spiro atoms. The zero-order chi connectivity index (χ0) is 21.8. The highest BCUT2D eigenvalue weighted by Gasteiger charge is 2.20. The molecule has 0 radical (unpaired) electrons. The number of ether oxygens (including phenoxy) is 2. The molecule has 0 aliphatic carbocycles. The molecule has 0 bridgehead atoms. The quantitative estimate of drug-likeness (QED) is 0.305. The molecule has 0 aromatic heterocycles. The van der Waals surface area contributed by atoms with Crippen molar-refractivity contribution in [2.24, 2.45) is 0 Å². The van der Waals surface area contributed by atoms with Crippen molar-refractivity contribution in [2.75, 3.05) is 19.5 Å². The number of nitro benzene ring substituents is 1.